The second-order valence-electron chi connectivity index (χ2n) is 3.98. The Bertz CT molecular complexity index is 351. The zero-order valence-electron chi connectivity index (χ0n) is 9.48. The molecule has 1 aliphatic carbocycles. The number of nitrogen functional groups attached to an aromatic ring is 1. The van der Waals surface area contributed by atoms with E-state index in [9.17, 15) is 0 Å². The van der Waals surface area contributed by atoms with E-state index in [4.69, 9.17) is 15.2 Å². The van der Waals surface area contributed by atoms with E-state index in [1.54, 1.807) is 13.2 Å². The van der Waals surface area contributed by atoms with E-state index in [1.165, 1.54) is 19.3 Å². The molecule has 16 heavy (non-hydrogen) atoms. The van der Waals surface area contributed by atoms with E-state index in [2.05, 4.69) is 9.97 Å². The number of rotatable bonds is 3. The van der Waals surface area contributed by atoms with Crippen molar-refractivity contribution in [2.75, 3.05) is 12.8 Å². The lowest BCUT2D eigenvalue weighted by atomic mass is 9.98. The molecule has 2 N–H and O–H groups in total. The maximum atomic E-state index is 5.77. The molecule has 0 bridgehead atoms. The predicted octanol–water partition coefficient (Wildman–Crippen LogP) is 1.78. The molecular formula is C11H17N3O2. The highest BCUT2D eigenvalue weighted by atomic mass is 16.5. The maximum Gasteiger partial charge on any atom is 0.226 e. The second-order valence-corrected chi connectivity index (χ2v) is 3.98. The van der Waals surface area contributed by atoms with Crippen molar-refractivity contribution in [2.24, 2.45) is 0 Å². The van der Waals surface area contributed by atoms with Gasteiger partial charge < -0.3 is 15.2 Å². The molecular weight excluding hydrogens is 206 g/mol. The molecule has 0 amide bonds. The summed E-state index contributed by atoms with van der Waals surface area (Å²) in [5, 5.41) is 0. The molecule has 1 aromatic rings. The highest BCUT2D eigenvalue weighted by Gasteiger charge is 2.16. The van der Waals surface area contributed by atoms with Crippen molar-refractivity contribution in [3.8, 4) is 11.8 Å². The lowest BCUT2D eigenvalue weighted by Crippen LogP contribution is -2.20. The van der Waals surface area contributed by atoms with E-state index in [-0.39, 0.29) is 12.1 Å². The van der Waals surface area contributed by atoms with Crippen LogP contribution in [-0.2, 0) is 0 Å². The first-order valence-corrected chi connectivity index (χ1v) is 5.63. The van der Waals surface area contributed by atoms with Gasteiger partial charge in [0, 0.05) is 0 Å². The van der Waals surface area contributed by atoms with Crippen LogP contribution in [-0.4, -0.2) is 23.2 Å². The third kappa shape index (κ3) is 2.74. The number of nitrogens with two attached hydrogens (primary N) is 1. The van der Waals surface area contributed by atoms with E-state index >= 15 is 0 Å². The van der Waals surface area contributed by atoms with E-state index in [1.807, 2.05) is 0 Å². The zero-order chi connectivity index (χ0) is 11.4. The summed E-state index contributed by atoms with van der Waals surface area (Å²) >= 11 is 0. The van der Waals surface area contributed by atoms with Crippen molar-refractivity contribution < 1.29 is 9.47 Å². The van der Waals surface area contributed by atoms with Gasteiger partial charge >= 0.3 is 0 Å². The first-order valence-electron chi connectivity index (χ1n) is 5.63. The highest BCUT2D eigenvalue weighted by molar-refractivity contribution is 5.29. The van der Waals surface area contributed by atoms with Crippen molar-refractivity contribution in [3.63, 3.8) is 0 Å². The van der Waals surface area contributed by atoms with Gasteiger partial charge in [-0.25, -0.2) is 0 Å². The van der Waals surface area contributed by atoms with Crippen LogP contribution >= 0.6 is 0 Å². The molecule has 0 spiro atoms. The van der Waals surface area contributed by atoms with Crippen molar-refractivity contribution >= 4 is 5.95 Å². The van der Waals surface area contributed by atoms with Gasteiger partial charge in [-0.2, -0.15) is 9.97 Å². The van der Waals surface area contributed by atoms with Gasteiger partial charge in [0.15, 0.2) is 0 Å². The second kappa shape index (κ2) is 5.01. The topological polar surface area (TPSA) is 70.3 Å². The third-order valence-electron chi connectivity index (χ3n) is 2.75. The van der Waals surface area contributed by atoms with Crippen LogP contribution in [0.2, 0.25) is 0 Å². The van der Waals surface area contributed by atoms with Crippen LogP contribution in [0.4, 0.5) is 5.95 Å². The quantitative estimate of drug-likeness (QED) is 0.845. The summed E-state index contributed by atoms with van der Waals surface area (Å²) in [6.07, 6.45) is 6.19. The molecule has 1 saturated carbocycles. The number of hydrogen-bond acceptors (Lipinski definition) is 5. The predicted molar refractivity (Wildman–Crippen MR) is 60.5 cm³/mol. The lowest BCUT2D eigenvalue weighted by molar-refractivity contribution is 0.148. The Labute approximate surface area is 95.0 Å². The fourth-order valence-electron chi connectivity index (χ4n) is 1.94. The average molecular weight is 223 g/mol. The Morgan fingerprint density at radius 2 is 1.88 bits per heavy atom. The van der Waals surface area contributed by atoms with Crippen molar-refractivity contribution in [2.45, 2.75) is 38.2 Å². The van der Waals surface area contributed by atoms with Crippen LogP contribution < -0.4 is 15.2 Å². The Morgan fingerprint density at radius 1 is 1.19 bits per heavy atom. The Hall–Kier alpha value is -1.52. The summed E-state index contributed by atoms with van der Waals surface area (Å²) in [6, 6.07) is 1.67. The number of ether oxygens (including phenoxy) is 2. The van der Waals surface area contributed by atoms with Gasteiger partial charge in [-0.1, -0.05) is 6.42 Å². The molecule has 88 valence electrons. The van der Waals surface area contributed by atoms with Crippen LogP contribution in [0.1, 0.15) is 32.1 Å². The standard InChI is InChI=1S/C11H17N3O2/c1-15-9-7-10(14-11(12)13-9)16-8-5-3-2-4-6-8/h7-8H,2-6H2,1H3,(H2,12,13,14). The molecule has 0 unspecified atom stereocenters. The van der Waals surface area contributed by atoms with Crippen LogP contribution in [0, 0.1) is 0 Å². The minimum atomic E-state index is 0.185. The summed E-state index contributed by atoms with van der Waals surface area (Å²) in [4.78, 5) is 7.95. The maximum absolute atomic E-state index is 5.77. The highest BCUT2D eigenvalue weighted by Crippen LogP contribution is 2.24. The number of hydrogen-bond donors (Lipinski definition) is 1. The largest absolute Gasteiger partial charge is 0.481 e. The monoisotopic (exact) mass is 223 g/mol. The van der Waals surface area contributed by atoms with Gasteiger partial charge in [-0.15, -0.1) is 0 Å². The molecule has 5 nitrogen and oxygen atoms in total. The lowest BCUT2D eigenvalue weighted by Gasteiger charge is -2.22. The average Bonchev–Trinajstić information content (AvgIpc) is 2.29. The fourth-order valence-corrected chi connectivity index (χ4v) is 1.94. The zero-order valence-corrected chi connectivity index (χ0v) is 9.48. The molecule has 1 heterocycles. The van der Waals surface area contributed by atoms with Crippen LogP contribution in [0.15, 0.2) is 6.07 Å². The van der Waals surface area contributed by atoms with Gasteiger partial charge in [0.2, 0.25) is 17.7 Å². The molecule has 1 fully saturated rings. The number of anilines is 1. The molecule has 0 atom stereocenters. The van der Waals surface area contributed by atoms with Gasteiger partial charge in [-0.3, -0.25) is 0 Å². The van der Waals surface area contributed by atoms with Crippen molar-refractivity contribution in [3.05, 3.63) is 6.07 Å². The van der Waals surface area contributed by atoms with Crippen molar-refractivity contribution in [1.29, 1.82) is 0 Å². The Balaban J connectivity index is 2.04. The number of methoxy groups -OCH3 is 1. The molecule has 0 saturated heterocycles. The van der Waals surface area contributed by atoms with Crippen LogP contribution in [0.3, 0.4) is 0 Å². The molecule has 0 aromatic carbocycles. The molecule has 0 radical (unpaired) electrons. The normalized spacial score (nSPS) is 17.1. The van der Waals surface area contributed by atoms with Gasteiger partial charge in [0.1, 0.15) is 6.10 Å². The first kappa shape index (κ1) is 11.0. The van der Waals surface area contributed by atoms with Gasteiger partial charge in [0.05, 0.1) is 13.2 Å². The van der Waals surface area contributed by atoms with Crippen LogP contribution in [0.25, 0.3) is 0 Å². The Kier molecular flexibility index (Phi) is 3.44. The molecule has 1 aromatic heterocycles. The molecule has 2 rings (SSSR count). The molecule has 5 heteroatoms. The van der Waals surface area contributed by atoms with E-state index in [0.717, 1.165) is 12.8 Å². The van der Waals surface area contributed by atoms with E-state index < -0.39 is 0 Å². The summed E-state index contributed by atoms with van der Waals surface area (Å²) in [6.45, 7) is 0. The summed E-state index contributed by atoms with van der Waals surface area (Å²) in [7, 11) is 1.55. The minimum Gasteiger partial charge on any atom is -0.481 e. The third-order valence-corrected chi connectivity index (χ3v) is 2.75. The smallest absolute Gasteiger partial charge is 0.226 e. The van der Waals surface area contributed by atoms with Gasteiger partial charge in [0.25, 0.3) is 0 Å². The molecule has 1 aliphatic rings. The van der Waals surface area contributed by atoms with E-state index in [0.29, 0.717) is 11.8 Å². The first-order chi connectivity index (χ1) is 7.78. The SMILES string of the molecule is COc1cc(OC2CCCCC2)nc(N)n1. The number of nitrogens with zero attached hydrogens (tertiary/aromatic N) is 2. The van der Waals surface area contributed by atoms with Crippen LogP contribution in [0.5, 0.6) is 11.8 Å². The fraction of sp³-hybridized carbons (Fsp3) is 0.636. The minimum absolute atomic E-state index is 0.185. The summed E-state index contributed by atoms with van der Waals surface area (Å²) in [5.41, 5.74) is 5.56. The summed E-state index contributed by atoms with van der Waals surface area (Å²) in [5.74, 6) is 1.14. The number of aromatic nitrogens is 2. The molecule has 0 aliphatic heterocycles. The Morgan fingerprint density at radius 3 is 2.56 bits per heavy atom. The van der Waals surface area contributed by atoms with Crippen molar-refractivity contribution in [1.82, 2.24) is 9.97 Å². The summed E-state index contributed by atoms with van der Waals surface area (Å²) < 4.78 is 10.8. The van der Waals surface area contributed by atoms with Gasteiger partial charge in [-0.05, 0) is 25.7 Å².